The van der Waals surface area contributed by atoms with Crippen molar-refractivity contribution in [2.45, 2.75) is 70.0 Å². The molecule has 2 aliphatic carbocycles. The Bertz CT molecular complexity index is 1220. The summed E-state index contributed by atoms with van der Waals surface area (Å²) in [4.78, 5) is 26.3. The molecule has 4 nitrogen and oxygen atoms in total. The highest BCUT2D eigenvalue weighted by molar-refractivity contribution is 6.11. The Balaban J connectivity index is 1.36. The Morgan fingerprint density at radius 2 is 2.09 bits per heavy atom. The van der Waals surface area contributed by atoms with E-state index in [9.17, 15) is 9.59 Å². The van der Waals surface area contributed by atoms with E-state index in [0.717, 1.165) is 36.8 Å². The first-order chi connectivity index (χ1) is 16.9. The molecule has 1 aromatic carbocycles. The maximum atomic E-state index is 15.6. The summed E-state index contributed by atoms with van der Waals surface area (Å²) in [7, 11) is 0. The molecule has 5 rings (SSSR count). The Morgan fingerprint density at radius 3 is 2.74 bits per heavy atom. The Kier molecular flexibility index (Phi) is 6.35. The lowest BCUT2D eigenvalue weighted by Gasteiger charge is -2.32. The van der Waals surface area contributed by atoms with Gasteiger partial charge < -0.3 is 9.73 Å². The van der Waals surface area contributed by atoms with Crippen molar-refractivity contribution < 1.29 is 18.4 Å². The summed E-state index contributed by atoms with van der Waals surface area (Å²) < 4.78 is 20.8. The minimum Gasteiger partial charge on any atom is -0.472 e. The number of benzene rings is 1. The second kappa shape index (κ2) is 9.44. The van der Waals surface area contributed by atoms with E-state index in [1.807, 2.05) is 6.07 Å². The molecule has 1 aromatic heterocycles. The molecule has 1 aliphatic heterocycles. The number of ketones is 2. The Labute approximate surface area is 206 Å². The molecular formula is C30H32FNO3. The molecule has 0 fully saturated rings. The molecule has 3 unspecified atom stereocenters. The van der Waals surface area contributed by atoms with E-state index in [1.54, 1.807) is 24.7 Å². The lowest BCUT2D eigenvalue weighted by atomic mass is 9.81. The van der Waals surface area contributed by atoms with Gasteiger partial charge in [0.2, 0.25) is 0 Å². The fraction of sp³-hybridized carbons (Fsp3) is 0.400. The van der Waals surface area contributed by atoms with E-state index in [2.05, 4.69) is 24.0 Å². The van der Waals surface area contributed by atoms with E-state index in [0.29, 0.717) is 23.2 Å². The summed E-state index contributed by atoms with van der Waals surface area (Å²) in [5.41, 5.74) is 4.25. The van der Waals surface area contributed by atoms with Gasteiger partial charge in [0.05, 0.1) is 12.5 Å². The second-order valence-electron chi connectivity index (χ2n) is 10.2. The number of halogens is 1. The summed E-state index contributed by atoms with van der Waals surface area (Å²) in [6.45, 7) is 5.11. The van der Waals surface area contributed by atoms with Crippen LogP contribution in [0.3, 0.4) is 0 Å². The van der Waals surface area contributed by atoms with Gasteiger partial charge in [-0.25, -0.2) is 4.39 Å². The van der Waals surface area contributed by atoms with Crippen LogP contribution in [0.15, 0.2) is 71.1 Å². The highest BCUT2D eigenvalue weighted by Crippen LogP contribution is 2.41. The number of carbonyl (C=O) groups is 2. The first kappa shape index (κ1) is 23.5. The predicted molar refractivity (Wildman–Crippen MR) is 136 cm³/mol. The largest absolute Gasteiger partial charge is 0.472 e. The SMILES string of the molecule is C=CC(C)(F)c1cc(-c2ccoc2)cc2c1NC(C(=O)CC1CC=C(C3=CCCC3)CC1)C(=O)C2. The van der Waals surface area contributed by atoms with Crippen LogP contribution in [0.25, 0.3) is 11.1 Å². The fourth-order valence-electron chi connectivity index (χ4n) is 5.61. The molecule has 0 spiro atoms. The summed E-state index contributed by atoms with van der Waals surface area (Å²) in [6.07, 6.45) is 15.9. The van der Waals surface area contributed by atoms with Gasteiger partial charge in [-0.15, -0.1) is 0 Å². The Morgan fingerprint density at radius 1 is 1.26 bits per heavy atom. The zero-order valence-corrected chi connectivity index (χ0v) is 20.2. The third kappa shape index (κ3) is 4.69. The van der Waals surface area contributed by atoms with Crippen molar-refractivity contribution in [1.29, 1.82) is 0 Å². The standard InChI is InChI=1S/C30H32FNO3/c1-3-30(2,31)25-16-23(22-12-13-35-18-22)15-24-17-27(34)29(32-28(24)25)26(33)14-19-8-10-21(11-9-19)20-6-4-5-7-20/h3,6,10,12-13,15-16,18-19,29,32H,1,4-5,7-9,11,14,17H2,2H3. The van der Waals surface area contributed by atoms with Crippen LogP contribution in [0.2, 0.25) is 0 Å². The molecule has 1 N–H and O–H groups in total. The molecule has 3 aliphatic rings. The number of allylic oxidation sites excluding steroid dienone is 5. The van der Waals surface area contributed by atoms with E-state index < -0.39 is 11.7 Å². The molecule has 0 saturated heterocycles. The quantitative estimate of drug-likeness (QED) is 0.347. The van der Waals surface area contributed by atoms with Gasteiger partial charge in [-0.1, -0.05) is 24.8 Å². The molecule has 0 amide bonds. The van der Waals surface area contributed by atoms with Crippen LogP contribution in [0.4, 0.5) is 10.1 Å². The van der Waals surface area contributed by atoms with E-state index in [1.165, 1.54) is 37.0 Å². The van der Waals surface area contributed by atoms with Crippen LogP contribution in [-0.4, -0.2) is 17.6 Å². The number of nitrogens with one attached hydrogen (secondary N) is 1. The maximum Gasteiger partial charge on any atom is 0.167 e. The first-order valence-electron chi connectivity index (χ1n) is 12.6. The topological polar surface area (TPSA) is 59.3 Å². The van der Waals surface area contributed by atoms with Crippen molar-refractivity contribution in [3.8, 4) is 11.1 Å². The number of furan rings is 1. The first-order valence-corrected chi connectivity index (χ1v) is 12.6. The molecule has 35 heavy (non-hydrogen) atoms. The molecule has 3 atom stereocenters. The number of hydrogen-bond donors (Lipinski definition) is 1. The highest BCUT2D eigenvalue weighted by Gasteiger charge is 2.37. The second-order valence-corrected chi connectivity index (χ2v) is 10.2. The number of rotatable bonds is 7. The summed E-state index contributed by atoms with van der Waals surface area (Å²) in [6, 6.07) is 4.48. The van der Waals surface area contributed by atoms with Gasteiger partial charge >= 0.3 is 0 Å². The molecule has 182 valence electrons. The zero-order chi connectivity index (χ0) is 24.6. The fourth-order valence-corrected chi connectivity index (χ4v) is 5.61. The third-order valence-corrected chi connectivity index (χ3v) is 7.74. The van der Waals surface area contributed by atoms with Gasteiger partial charge in [0.25, 0.3) is 0 Å². The molecule has 0 radical (unpaired) electrons. The number of Topliss-reactive ketones (excluding diaryl/α,β-unsaturated/α-hetero) is 2. The number of anilines is 1. The van der Waals surface area contributed by atoms with Crippen molar-refractivity contribution in [2.24, 2.45) is 5.92 Å². The summed E-state index contributed by atoms with van der Waals surface area (Å²) in [5.74, 6) is -0.0291. The van der Waals surface area contributed by atoms with Crippen LogP contribution in [0.1, 0.15) is 63.0 Å². The minimum absolute atomic E-state index is 0.0908. The van der Waals surface area contributed by atoms with Gasteiger partial charge in [0.15, 0.2) is 17.2 Å². The van der Waals surface area contributed by atoms with Crippen LogP contribution in [0.5, 0.6) is 0 Å². The molecule has 0 saturated carbocycles. The van der Waals surface area contributed by atoms with Crippen molar-refractivity contribution in [1.82, 2.24) is 0 Å². The van der Waals surface area contributed by atoms with Crippen LogP contribution >= 0.6 is 0 Å². The van der Waals surface area contributed by atoms with Crippen LogP contribution in [0, 0.1) is 5.92 Å². The molecule has 2 heterocycles. The summed E-state index contributed by atoms with van der Waals surface area (Å²) in [5, 5.41) is 3.14. The normalized spacial score (nSPS) is 23.5. The maximum absolute atomic E-state index is 15.6. The lowest BCUT2D eigenvalue weighted by molar-refractivity contribution is -0.128. The lowest BCUT2D eigenvalue weighted by Crippen LogP contribution is -2.43. The van der Waals surface area contributed by atoms with Crippen molar-refractivity contribution in [3.05, 3.63) is 77.8 Å². The van der Waals surface area contributed by atoms with E-state index >= 15 is 4.39 Å². The average molecular weight is 474 g/mol. The predicted octanol–water partition coefficient (Wildman–Crippen LogP) is 7.02. The van der Waals surface area contributed by atoms with Gasteiger partial charge in [-0.05, 0) is 91.8 Å². The smallest absolute Gasteiger partial charge is 0.167 e. The third-order valence-electron chi connectivity index (χ3n) is 7.74. The minimum atomic E-state index is -1.83. The molecule has 5 heteroatoms. The number of alkyl halides is 1. The van der Waals surface area contributed by atoms with Gasteiger partial charge in [0.1, 0.15) is 6.04 Å². The van der Waals surface area contributed by atoms with E-state index in [-0.39, 0.29) is 23.9 Å². The number of carbonyl (C=O) groups excluding carboxylic acids is 2. The molecule has 2 aromatic rings. The highest BCUT2D eigenvalue weighted by atomic mass is 19.1. The van der Waals surface area contributed by atoms with Crippen molar-refractivity contribution in [3.63, 3.8) is 0 Å². The van der Waals surface area contributed by atoms with Gasteiger partial charge in [-0.3, -0.25) is 9.59 Å². The number of hydrogen-bond acceptors (Lipinski definition) is 4. The van der Waals surface area contributed by atoms with Crippen molar-refractivity contribution >= 4 is 17.3 Å². The molecular weight excluding hydrogens is 441 g/mol. The van der Waals surface area contributed by atoms with Crippen molar-refractivity contribution in [2.75, 3.05) is 5.32 Å². The Hall–Kier alpha value is -3.21. The van der Waals surface area contributed by atoms with Gasteiger partial charge in [0, 0.05) is 29.7 Å². The van der Waals surface area contributed by atoms with Gasteiger partial charge in [-0.2, -0.15) is 0 Å². The van der Waals surface area contributed by atoms with Crippen LogP contribution < -0.4 is 5.32 Å². The van der Waals surface area contributed by atoms with Crippen LogP contribution in [-0.2, 0) is 21.7 Å². The molecule has 0 bridgehead atoms. The zero-order valence-electron chi connectivity index (χ0n) is 20.2. The monoisotopic (exact) mass is 473 g/mol. The van der Waals surface area contributed by atoms with E-state index in [4.69, 9.17) is 4.42 Å². The average Bonchev–Trinajstić information content (AvgIpc) is 3.58. The number of fused-ring (bicyclic) bond motifs is 1. The summed E-state index contributed by atoms with van der Waals surface area (Å²) >= 11 is 0.